The quantitative estimate of drug-likeness (QED) is 0.193. The molecule has 0 aliphatic rings. The van der Waals surface area contributed by atoms with Crippen LogP contribution in [0.1, 0.15) is 65.8 Å². The highest BCUT2D eigenvalue weighted by molar-refractivity contribution is 6.18. The number of carboxylic acids is 2. The van der Waals surface area contributed by atoms with Crippen molar-refractivity contribution in [3.8, 4) is 0 Å². The Hall–Kier alpha value is -3.16. The number of hydrogen-bond acceptors (Lipinski definition) is 6. The maximum absolute atomic E-state index is 12.3. The van der Waals surface area contributed by atoms with Crippen molar-refractivity contribution in [2.24, 2.45) is 0 Å². The van der Waals surface area contributed by atoms with Gasteiger partial charge in [0.05, 0.1) is 24.3 Å². The predicted molar refractivity (Wildman–Crippen MR) is 100 cm³/mol. The first kappa shape index (κ1) is 22.9. The third kappa shape index (κ3) is 6.53. The Kier molecular flexibility index (Phi) is 9.42. The van der Waals surface area contributed by atoms with Gasteiger partial charge in [-0.15, -0.1) is 0 Å². The number of rotatable bonds is 11. The summed E-state index contributed by atoms with van der Waals surface area (Å²) in [5.41, 5.74) is -1.59. The lowest BCUT2D eigenvalue weighted by molar-refractivity contribution is -0.147. The van der Waals surface area contributed by atoms with Gasteiger partial charge >= 0.3 is 23.9 Å². The molecule has 0 spiro atoms. The van der Waals surface area contributed by atoms with Crippen LogP contribution in [0, 0.1) is 0 Å². The number of aromatic carboxylic acids is 2. The van der Waals surface area contributed by atoms with Gasteiger partial charge in [-0.25, -0.2) is 19.2 Å². The zero-order valence-electron chi connectivity index (χ0n) is 15.9. The lowest BCUT2D eigenvalue weighted by atomic mass is 9.99. The Bertz CT molecular complexity index is 739. The molecule has 8 nitrogen and oxygen atoms in total. The summed E-state index contributed by atoms with van der Waals surface area (Å²) in [4.78, 5) is 47.6. The molecular formula is C20H24O8. The molecule has 1 rings (SSSR count). The van der Waals surface area contributed by atoms with Crippen molar-refractivity contribution in [2.75, 3.05) is 13.2 Å². The second-order valence-corrected chi connectivity index (χ2v) is 5.92. The van der Waals surface area contributed by atoms with E-state index in [1.54, 1.807) is 0 Å². The van der Waals surface area contributed by atoms with Gasteiger partial charge in [0.2, 0.25) is 0 Å². The molecule has 0 aromatic heterocycles. The van der Waals surface area contributed by atoms with Gasteiger partial charge in [0.15, 0.2) is 0 Å². The second kappa shape index (κ2) is 11.5. The van der Waals surface area contributed by atoms with E-state index in [1.807, 2.05) is 13.8 Å². The number of unbranched alkanes of at least 4 members (excludes halogenated alkanes) is 2. The molecule has 0 heterocycles. The van der Waals surface area contributed by atoms with Crippen LogP contribution in [0.3, 0.4) is 0 Å². The van der Waals surface area contributed by atoms with E-state index in [4.69, 9.17) is 9.47 Å². The highest BCUT2D eigenvalue weighted by Gasteiger charge is 2.25. The molecule has 0 fully saturated rings. The topological polar surface area (TPSA) is 127 Å². The highest BCUT2D eigenvalue weighted by atomic mass is 16.6. The second-order valence-electron chi connectivity index (χ2n) is 5.92. The molecule has 1 aromatic rings. The Morgan fingerprint density at radius 1 is 0.893 bits per heavy atom. The van der Waals surface area contributed by atoms with Crippen LogP contribution in [0.4, 0.5) is 0 Å². The summed E-state index contributed by atoms with van der Waals surface area (Å²) in [5.74, 6) is -4.84. The van der Waals surface area contributed by atoms with Gasteiger partial charge in [0.25, 0.3) is 0 Å². The fraction of sp³-hybridized carbons (Fsp3) is 0.400. The number of carbonyl (C=O) groups excluding carboxylic acids is 2. The number of benzene rings is 1. The summed E-state index contributed by atoms with van der Waals surface area (Å²) in [6.07, 6.45) is 3.74. The van der Waals surface area contributed by atoms with Crippen LogP contribution in [-0.4, -0.2) is 47.3 Å². The lowest BCUT2D eigenvalue weighted by Gasteiger charge is -2.10. The van der Waals surface area contributed by atoms with Crippen LogP contribution in [0.25, 0.3) is 6.08 Å². The van der Waals surface area contributed by atoms with E-state index in [0.717, 1.165) is 25.0 Å². The minimum atomic E-state index is -1.50. The molecule has 0 amide bonds. The summed E-state index contributed by atoms with van der Waals surface area (Å²) in [6.45, 7) is 3.99. The number of esters is 2. The van der Waals surface area contributed by atoms with Crippen molar-refractivity contribution in [3.05, 3.63) is 40.5 Å². The van der Waals surface area contributed by atoms with Gasteiger partial charge in [-0.05, 0) is 30.5 Å². The van der Waals surface area contributed by atoms with E-state index in [2.05, 4.69) is 0 Å². The normalized spacial score (nSPS) is 10.1. The smallest absolute Gasteiger partial charge is 0.345 e. The van der Waals surface area contributed by atoms with E-state index in [0.29, 0.717) is 12.8 Å². The van der Waals surface area contributed by atoms with E-state index < -0.39 is 40.6 Å². The Morgan fingerprint density at radius 2 is 1.43 bits per heavy atom. The summed E-state index contributed by atoms with van der Waals surface area (Å²) >= 11 is 0. The van der Waals surface area contributed by atoms with Gasteiger partial charge in [-0.1, -0.05) is 38.8 Å². The first-order valence-electron chi connectivity index (χ1n) is 8.98. The third-order valence-electron chi connectivity index (χ3n) is 3.74. The molecule has 0 saturated heterocycles. The summed E-state index contributed by atoms with van der Waals surface area (Å²) in [5, 5.41) is 18.6. The Morgan fingerprint density at radius 3 is 1.86 bits per heavy atom. The van der Waals surface area contributed by atoms with E-state index in [1.165, 1.54) is 12.1 Å². The molecule has 0 radical (unpaired) electrons. The van der Waals surface area contributed by atoms with Gasteiger partial charge in [0, 0.05) is 0 Å². The average Bonchev–Trinajstić information content (AvgIpc) is 2.65. The lowest BCUT2D eigenvalue weighted by Crippen LogP contribution is -2.20. The van der Waals surface area contributed by atoms with Gasteiger partial charge in [-0.3, -0.25) is 0 Å². The monoisotopic (exact) mass is 392 g/mol. The van der Waals surface area contributed by atoms with Crippen molar-refractivity contribution in [1.82, 2.24) is 0 Å². The van der Waals surface area contributed by atoms with Crippen LogP contribution in [-0.2, 0) is 19.1 Å². The summed E-state index contributed by atoms with van der Waals surface area (Å²) in [7, 11) is 0. The van der Waals surface area contributed by atoms with Crippen molar-refractivity contribution < 1.29 is 38.9 Å². The molecule has 0 unspecified atom stereocenters. The zero-order valence-corrected chi connectivity index (χ0v) is 15.9. The number of carbonyl (C=O) groups is 4. The maximum Gasteiger partial charge on any atom is 0.345 e. The minimum absolute atomic E-state index is 0.0931. The minimum Gasteiger partial charge on any atom is -0.478 e. The standard InChI is InChI=1S/C20H24O8/c1-3-5-10-27-19(25)15(20(26)28-11-6-4-2)12-13-8-7-9-14(17(21)22)16(13)18(23)24/h7-9,12H,3-6,10-11H2,1-2H3,(H,21,22)(H,23,24). The molecule has 1 aromatic carbocycles. The molecule has 8 heteroatoms. The number of ether oxygens (including phenoxy) is 2. The zero-order chi connectivity index (χ0) is 21.1. The first-order valence-corrected chi connectivity index (χ1v) is 8.98. The van der Waals surface area contributed by atoms with Crippen molar-refractivity contribution in [3.63, 3.8) is 0 Å². The molecule has 0 bridgehead atoms. The Balaban J connectivity index is 3.36. The van der Waals surface area contributed by atoms with E-state index in [-0.39, 0.29) is 18.8 Å². The fourth-order valence-corrected chi connectivity index (χ4v) is 2.24. The van der Waals surface area contributed by atoms with Gasteiger partial charge < -0.3 is 19.7 Å². The molecular weight excluding hydrogens is 368 g/mol. The fourth-order valence-electron chi connectivity index (χ4n) is 2.24. The summed E-state index contributed by atoms with van der Waals surface area (Å²) < 4.78 is 10.1. The molecule has 0 aliphatic heterocycles. The molecule has 152 valence electrons. The van der Waals surface area contributed by atoms with Crippen LogP contribution in [0.2, 0.25) is 0 Å². The van der Waals surface area contributed by atoms with Gasteiger partial charge in [-0.2, -0.15) is 0 Å². The highest BCUT2D eigenvalue weighted by Crippen LogP contribution is 2.20. The average molecular weight is 392 g/mol. The summed E-state index contributed by atoms with van der Waals surface area (Å²) in [6, 6.07) is 3.75. The number of hydrogen-bond donors (Lipinski definition) is 2. The molecule has 0 atom stereocenters. The molecule has 28 heavy (non-hydrogen) atoms. The maximum atomic E-state index is 12.3. The molecule has 0 aliphatic carbocycles. The van der Waals surface area contributed by atoms with E-state index in [9.17, 15) is 29.4 Å². The van der Waals surface area contributed by atoms with Gasteiger partial charge in [0.1, 0.15) is 5.57 Å². The first-order chi connectivity index (χ1) is 13.3. The third-order valence-corrected chi connectivity index (χ3v) is 3.74. The van der Waals surface area contributed by atoms with Crippen molar-refractivity contribution in [2.45, 2.75) is 39.5 Å². The Labute approximate surface area is 162 Å². The van der Waals surface area contributed by atoms with Crippen LogP contribution < -0.4 is 0 Å². The number of carboxylic acid groups (broad SMARTS) is 2. The van der Waals surface area contributed by atoms with Crippen LogP contribution in [0.5, 0.6) is 0 Å². The van der Waals surface area contributed by atoms with Crippen molar-refractivity contribution >= 4 is 30.0 Å². The predicted octanol–water partition coefficient (Wildman–Crippen LogP) is 3.15. The van der Waals surface area contributed by atoms with Crippen molar-refractivity contribution in [1.29, 1.82) is 0 Å². The molecule has 2 N–H and O–H groups in total. The SMILES string of the molecule is CCCCOC(=O)C(=Cc1cccc(C(=O)O)c1C(=O)O)C(=O)OCCCC. The van der Waals surface area contributed by atoms with Crippen LogP contribution in [0.15, 0.2) is 23.8 Å². The molecule has 0 saturated carbocycles. The largest absolute Gasteiger partial charge is 0.478 e. The van der Waals surface area contributed by atoms with Crippen LogP contribution >= 0.6 is 0 Å². The van der Waals surface area contributed by atoms with E-state index >= 15 is 0 Å².